The third kappa shape index (κ3) is 4.05. The van der Waals surface area contributed by atoms with Crippen LogP contribution in [0, 0.1) is 0 Å². The number of aromatic nitrogens is 4. The molecule has 6 nitrogen and oxygen atoms in total. The molecule has 0 unspecified atom stereocenters. The van der Waals surface area contributed by atoms with E-state index in [-0.39, 0.29) is 39.2 Å². The summed E-state index contributed by atoms with van der Waals surface area (Å²) in [7, 11) is -2.05. The molecule has 4 rings (SSSR count). The summed E-state index contributed by atoms with van der Waals surface area (Å²) in [5.74, 6) is 0.317. The van der Waals surface area contributed by atoms with Gasteiger partial charge in [0.2, 0.25) is 0 Å². The summed E-state index contributed by atoms with van der Waals surface area (Å²) in [6.07, 6.45) is 3.22. The predicted octanol–water partition coefficient (Wildman–Crippen LogP) is 4.89. The topological polar surface area (TPSA) is 77.7 Å². The van der Waals surface area contributed by atoms with Crippen molar-refractivity contribution in [1.82, 2.24) is 19.5 Å². The van der Waals surface area contributed by atoms with Crippen molar-refractivity contribution in [3.63, 3.8) is 0 Å². The Morgan fingerprint density at radius 3 is 2.45 bits per heavy atom. The van der Waals surface area contributed by atoms with Crippen LogP contribution in [-0.4, -0.2) is 33.7 Å². The number of rotatable bonds is 4. The monoisotopic (exact) mass is 452 g/mol. The van der Waals surface area contributed by atoms with Crippen LogP contribution in [0.3, 0.4) is 0 Å². The molecule has 0 N–H and O–H groups in total. The molecule has 0 atom stereocenters. The van der Waals surface area contributed by atoms with Crippen LogP contribution in [-0.2, 0) is 23.1 Å². The normalized spacial score (nSPS) is 16.2. The van der Waals surface area contributed by atoms with E-state index in [1.54, 1.807) is 26.2 Å². The van der Waals surface area contributed by atoms with Crippen LogP contribution >= 0.6 is 0 Å². The van der Waals surface area contributed by atoms with E-state index in [1.165, 1.54) is 11.0 Å². The third-order valence-corrected chi connectivity index (χ3v) is 7.66. The molecule has 1 fully saturated rings. The molecule has 1 saturated carbocycles. The lowest BCUT2D eigenvalue weighted by Gasteiger charge is -2.22. The zero-order valence-electron chi connectivity index (χ0n) is 17.3. The predicted molar refractivity (Wildman–Crippen MR) is 110 cm³/mol. The molecular weight excluding hydrogens is 429 g/mol. The molecule has 166 valence electrons. The molecule has 0 aromatic carbocycles. The van der Waals surface area contributed by atoms with Crippen LogP contribution in [0.4, 0.5) is 13.2 Å². The van der Waals surface area contributed by atoms with Gasteiger partial charge in [0.15, 0.2) is 21.3 Å². The fraction of sp³-hybridized carbons (Fsp3) is 0.476. The summed E-state index contributed by atoms with van der Waals surface area (Å²) >= 11 is 0. The van der Waals surface area contributed by atoms with E-state index in [9.17, 15) is 21.6 Å². The van der Waals surface area contributed by atoms with E-state index >= 15 is 0 Å². The Labute approximate surface area is 178 Å². The Balaban J connectivity index is 1.88. The smallest absolute Gasteiger partial charge is 0.310 e. The number of halogens is 3. The molecule has 31 heavy (non-hydrogen) atoms. The third-order valence-electron chi connectivity index (χ3n) is 5.91. The second kappa shape index (κ2) is 7.89. The number of pyridine rings is 2. The SMILES string of the molecule is CCS(=O)(=O)c1cc(C2CCCCC2)cnc1-c1nc2cc(C(F)(F)F)cnc2n1C. The van der Waals surface area contributed by atoms with Gasteiger partial charge in [-0.2, -0.15) is 13.2 Å². The number of hydrogen-bond acceptors (Lipinski definition) is 5. The zero-order chi connectivity index (χ0) is 22.4. The van der Waals surface area contributed by atoms with Crippen LogP contribution in [0.2, 0.25) is 0 Å². The van der Waals surface area contributed by atoms with E-state index in [2.05, 4.69) is 15.0 Å². The molecule has 3 heterocycles. The van der Waals surface area contributed by atoms with Crippen LogP contribution in [0.1, 0.15) is 56.1 Å². The van der Waals surface area contributed by atoms with E-state index in [0.29, 0.717) is 0 Å². The number of sulfone groups is 1. The van der Waals surface area contributed by atoms with Gasteiger partial charge >= 0.3 is 6.18 Å². The van der Waals surface area contributed by atoms with Crippen molar-refractivity contribution in [3.8, 4) is 11.5 Å². The fourth-order valence-corrected chi connectivity index (χ4v) is 5.19. The Morgan fingerprint density at radius 2 is 1.81 bits per heavy atom. The highest BCUT2D eigenvalue weighted by Gasteiger charge is 2.32. The van der Waals surface area contributed by atoms with Gasteiger partial charge in [0.05, 0.1) is 16.2 Å². The molecule has 0 radical (unpaired) electrons. The van der Waals surface area contributed by atoms with Crippen LogP contribution in [0.25, 0.3) is 22.7 Å². The van der Waals surface area contributed by atoms with Crippen molar-refractivity contribution < 1.29 is 21.6 Å². The Morgan fingerprint density at radius 1 is 1.10 bits per heavy atom. The maximum atomic E-state index is 13.1. The minimum atomic E-state index is -4.55. The van der Waals surface area contributed by atoms with Crippen molar-refractivity contribution in [2.75, 3.05) is 5.75 Å². The van der Waals surface area contributed by atoms with Crippen molar-refractivity contribution in [2.24, 2.45) is 7.05 Å². The van der Waals surface area contributed by atoms with E-state index in [4.69, 9.17) is 0 Å². The lowest BCUT2D eigenvalue weighted by Crippen LogP contribution is -2.12. The highest BCUT2D eigenvalue weighted by atomic mass is 32.2. The first kappa shape index (κ1) is 21.7. The Hall–Kier alpha value is -2.49. The average molecular weight is 453 g/mol. The van der Waals surface area contributed by atoms with Crippen LogP contribution < -0.4 is 0 Å². The lowest BCUT2D eigenvalue weighted by atomic mass is 9.85. The summed E-state index contributed by atoms with van der Waals surface area (Å²) in [4.78, 5) is 12.7. The first-order valence-corrected chi connectivity index (χ1v) is 11.9. The molecule has 3 aromatic heterocycles. The largest absolute Gasteiger partial charge is 0.417 e. The van der Waals surface area contributed by atoms with Crippen molar-refractivity contribution in [2.45, 2.75) is 56.0 Å². The number of aryl methyl sites for hydroxylation is 1. The highest BCUT2D eigenvalue weighted by Crippen LogP contribution is 2.36. The van der Waals surface area contributed by atoms with Gasteiger partial charge in [-0.05, 0) is 36.5 Å². The lowest BCUT2D eigenvalue weighted by molar-refractivity contribution is -0.137. The fourth-order valence-electron chi connectivity index (χ4n) is 4.12. The maximum Gasteiger partial charge on any atom is 0.417 e. The number of nitrogens with zero attached hydrogens (tertiary/aromatic N) is 4. The first-order chi connectivity index (χ1) is 14.6. The molecular formula is C21H23F3N4O2S. The molecule has 0 amide bonds. The summed E-state index contributed by atoms with van der Waals surface area (Å²) in [6, 6.07) is 2.58. The molecule has 1 aliphatic rings. The van der Waals surface area contributed by atoms with Gasteiger partial charge in [-0.15, -0.1) is 0 Å². The first-order valence-electron chi connectivity index (χ1n) is 10.2. The molecule has 0 spiro atoms. The van der Waals surface area contributed by atoms with Gasteiger partial charge < -0.3 is 4.57 Å². The standard InChI is InChI=1S/C21H23F3N4O2S/c1-3-31(29,30)17-9-14(13-7-5-4-6-8-13)11-25-18(17)20-27-16-10-15(21(22,23)24)12-26-19(16)28(20)2/h9-13H,3-8H2,1-2H3. The molecule has 10 heteroatoms. The van der Waals surface area contributed by atoms with Gasteiger partial charge in [0.1, 0.15) is 11.2 Å². The van der Waals surface area contributed by atoms with Gasteiger partial charge in [0, 0.05) is 19.4 Å². The van der Waals surface area contributed by atoms with Crippen LogP contribution in [0.15, 0.2) is 29.4 Å². The molecule has 0 saturated heterocycles. The molecule has 0 aliphatic heterocycles. The Kier molecular flexibility index (Phi) is 5.53. The highest BCUT2D eigenvalue weighted by molar-refractivity contribution is 7.91. The van der Waals surface area contributed by atoms with Gasteiger partial charge in [-0.1, -0.05) is 26.2 Å². The van der Waals surface area contributed by atoms with Gasteiger partial charge in [0.25, 0.3) is 0 Å². The van der Waals surface area contributed by atoms with E-state index < -0.39 is 21.6 Å². The van der Waals surface area contributed by atoms with E-state index in [1.807, 2.05) is 0 Å². The Bertz CT molecular complexity index is 1230. The van der Waals surface area contributed by atoms with Crippen molar-refractivity contribution in [3.05, 3.63) is 35.7 Å². The van der Waals surface area contributed by atoms with Gasteiger partial charge in [-0.25, -0.2) is 18.4 Å². The quantitative estimate of drug-likeness (QED) is 0.563. The summed E-state index contributed by atoms with van der Waals surface area (Å²) in [5, 5.41) is 0. The van der Waals surface area contributed by atoms with E-state index in [0.717, 1.165) is 43.5 Å². The number of fused-ring (bicyclic) bond motifs is 1. The van der Waals surface area contributed by atoms with Gasteiger partial charge in [-0.3, -0.25) is 4.98 Å². The summed E-state index contributed by atoms with van der Waals surface area (Å²) in [6.45, 7) is 1.55. The molecule has 1 aliphatic carbocycles. The van der Waals surface area contributed by atoms with Crippen molar-refractivity contribution in [1.29, 1.82) is 0 Å². The average Bonchev–Trinajstić information content (AvgIpc) is 3.09. The second-order valence-electron chi connectivity index (χ2n) is 7.91. The zero-order valence-corrected chi connectivity index (χ0v) is 18.1. The summed E-state index contributed by atoms with van der Waals surface area (Å²) < 4.78 is 66.5. The maximum absolute atomic E-state index is 13.1. The second-order valence-corrected chi connectivity index (χ2v) is 10.2. The minimum absolute atomic E-state index is 0.0327. The minimum Gasteiger partial charge on any atom is -0.310 e. The molecule has 3 aromatic rings. The number of imidazole rings is 1. The van der Waals surface area contributed by atoms with Crippen molar-refractivity contribution >= 4 is 21.0 Å². The number of hydrogen-bond donors (Lipinski definition) is 0. The number of alkyl halides is 3. The summed E-state index contributed by atoms with van der Waals surface area (Å²) in [5.41, 5.74) is 0.361. The van der Waals surface area contributed by atoms with Crippen LogP contribution in [0.5, 0.6) is 0 Å². The molecule has 0 bridgehead atoms.